The van der Waals surface area contributed by atoms with Gasteiger partial charge in [-0.25, -0.2) is 0 Å². The Morgan fingerprint density at radius 2 is 1.93 bits per heavy atom. The molecule has 0 N–H and O–H groups in total. The Labute approximate surface area is 177 Å². The second-order valence-electron chi connectivity index (χ2n) is 8.14. The van der Waals surface area contributed by atoms with E-state index >= 15 is 0 Å². The van der Waals surface area contributed by atoms with Gasteiger partial charge in [0.1, 0.15) is 5.75 Å². The zero-order valence-electron chi connectivity index (χ0n) is 16.9. The summed E-state index contributed by atoms with van der Waals surface area (Å²) in [7, 11) is 0. The summed E-state index contributed by atoms with van der Waals surface area (Å²) in [6.07, 6.45) is -2.55. The zero-order valence-corrected chi connectivity index (χ0v) is 18.5. The molecule has 0 unspecified atom stereocenters. The number of hydrogen-bond donors (Lipinski definition) is 0. The van der Waals surface area contributed by atoms with Crippen LogP contribution in [0.1, 0.15) is 49.9 Å². The van der Waals surface area contributed by atoms with Crippen molar-refractivity contribution in [3.63, 3.8) is 0 Å². The molecule has 0 bridgehead atoms. The van der Waals surface area contributed by atoms with E-state index in [0.29, 0.717) is 17.3 Å². The number of benzene rings is 1. The van der Waals surface area contributed by atoms with Gasteiger partial charge in [0.25, 0.3) is 5.91 Å². The first kappa shape index (κ1) is 23.5. The predicted octanol–water partition coefficient (Wildman–Crippen LogP) is 5.84. The predicted molar refractivity (Wildman–Crippen MR) is 109 cm³/mol. The van der Waals surface area contributed by atoms with Gasteiger partial charge in [0.15, 0.2) is 11.4 Å². The number of nitrogens with zero attached hydrogens (tertiary/aromatic N) is 2. The van der Waals surface area contributed by atoms with Crippen molar-refractivity contribution in [3.8, 4) is 5.75 Å². The van der Waals surface area contributed by atoms with E-state index in [1.54, 1.807) is 0 Å². The normalized spacial score (nSPS) is 13.2. The number of carbonyl (C=O) groups is 1. The first-order valence-electron chi connectivity index (χ1n) is 9.05. The van der Waals surface area contributed by atoms with Crippen molar-refractivity contribution in [2.24, 2.45) is 10.9 Å². The molecule has 0 aliphatic rings. The van der Waals surface area contributed by atoms with Gasteiger partial charge in [0.05, 0.1) is 5.56 Å². The van der Waals surface area contributed by atoms with Crippen molar-refractivity contribution >= 4 is 28.8 Å². The summed E-state index contributed by atoms with van der Waals surface area (Å²) >= 11 is 7.32. The van der Waals surface area contributed by atoms with Gasteiger partial charge in [0.2, 0.25) is 0 Å². The molecule has 1 amide bonds. The summed E-state index contributed by atoms with van der Waals surface area (Å²) in [5.41, 5.74) is -0.236. The SMILES string of the molecule is CC(C)Cn1cc(C(C)(C)C)sc1=NC(=O)c1cc(Cl)ccc1OCC(F)(F)F. The highest BCUT2D eigenvalue weighted by Gasteiger charge is 2.29. The zero-order chi connectivity index (χ0) is 22.0. The first-order valence-corrected chi connectivity index (χ1v) is 10.2. The molecule has 0 radical (unpaired) electrons. The third-order valence-electron chi connectivity index (χ3n) is 3.78. The number of rotatable bonds is 5. The van der Waals surface area contributed by atoms with E-state index in [1.807, 2.05) is 24.6 Å². The van der Waals surface area contributed by atoms with Gasteiger partial charge < -0.3 is 9.30 Å². The average Bonchev–Trinajstić information content (AvgIpc) is 2.95. The Bertz CT molecular complexity index is 940. The maximum absolute atomic E-state index is 12.8. The second kappa shape index (κ2) is 8.92. The molecule has 0 saturated carbocycles. The molecule has 0 atom stereocenters. The minimum absolute atomic E-state index is 0.108. The molecular weight excluding hydrogens is 425 g/mol. The molecule has 1 aromatic carbocycles. The molecule has 0 saturated heterocycles. The fourth-order valence-corrected chi connectivity index (χ4v) is 3.67. The number of thiazole rings is 1. The fourth-order valence-electron chi connectivity index (χ4n) is 2.44. The number of halogens is 4. The summed E-state index contributed by atoms with van der Waals surface area (Å²) in [5, 5.41) is 0.208. The third kappa shape index (κ3) is 6.89. The van der Waals surface area contributed by atoms with Crippen LogP contribution in [0.4, 0.5) is 13.2 Å². The van der Waals surface area contributed by atoms with Gasteiger partial charge in [0, 0.05) is 22.6 Å². The topological polar surface area (TPSA) is 43.6 Å². The number of ether oxygens (including phenoxy) is 1. The van der Waals surface area contributed by atoms with Crippen molar-refractivity contribution in [2.75, 3.05) is 6.61 Å². The second-order valence-corrected chi connectivity index (χ2v) is 9.58. The highest BCUT2D eigenvalue weighted by molar-refractivity contribution is 7.09. The lowest BCUT2D eigenvalue weighted by Crippen LogP contribution is -2.21. The van der Waals surface area contributed by atoms with Crippen LogP contribution in [-0.2, 0) is 12.0 Å². The van der Waals surface area contributed by atoms with Crippen LogP contribution in [0.3, 0.4) is 0 Å². The summed E-state index contributed by atoms with van der Waals surface area (Å²) in [6, 6.07) is 3.88. The minimum Gasteiger partial charge on any atom is -0.483 e. The van der Waals surface area contributed by atoms with Crippen molar-refractivity contribution in [1.82, 2.24) is 4.57 Å². The van der Waals surface area contributed by atoms with Crippen LogP contribution in [0.15, 0.2) is 29.4 Å². The largest absolute Gasteiger partial charge is 0.483 e. The van der Waals surface area contributed by atoms with Gasteiger partial charge >= 0.3 is 6.18 Å². The van der Waals surface area contributed by atoms with E-state index in [2.05, 4.69) is 25.8 Å². The van der Waals surface area contributed by atoms with E-state index in [0.717, 1.165) is 4.88 Å². The van der Waals surface area contributed by atoms with E-state index in [4.69, 9.17) is 16.3 Å². The van der Waals surface area contributed by atoms with E-state index in [1.165, 1.54) is 29.5 Å². The van der Waals surface area contributed by atoms with Crippen LogP contribution in [0, 0.1) is 5.92 Å². The number of alkyl halides is 3. The van der Waals surface area contributed by atoms with Crippen molar-refractivity contribution < 1.29 is 22.7 Å². The van der Waals surface area contributed by atoms with Gasteiger partial charge in [-0.05, 0) is 29.5 Å². The molecule has 1 heterocycles. The Balaban J connectivity index is 2.49. The smallest absolute Gasteiger partial charge is 0.422 e. The summed E-state index contributed by atoms with van der Waals surface area (Å²) in [6.45, 7) is 9.43. The number of amides is 1. The van der Waals surface area contributed by atoms with Gasteiger partial charge in [-0.15, -0.1) is 11.3 Å². The first-order chi connectivity index (χ1) is 13.3. The maximum Gasteiger partial charge on any atom is 0.422 e. The third-order valence-corrected chi connectivity index (χ3v) is 5.46. The quantitative estimate of drug-likeness (QED) is 0.576. The number of carbonyl (C=O) groups excluding carboxylic acids is 1. The van der Waals surface area contributed by atoms with Crippen molar-refractivity contribution in [1.29, 1.82) is 0 Å². The van der Waals surface area contributed by atoms with Crippen LogP contribution >= 0.6 is 22.9 Å². The molecular formula is C20H24ClF3N2O2S. The van der Waals surface area contributed by atoms with Gasteiger partial charge in [-0.1, -0.05) is 46.2 Å². The summed E-state index contributed by atoms with van der Waals surface area (Å²) < 4.78 is 44.3. The van der Waals surface area contributed by atoms with Crippen LogP contribution in [-0.4, -0.2) is 23.3 Å². The van der Waals surface area contributed by atoms with Crippen molar-refractivity contribution in [3.05, 3.63) is 44.7 Å². The highest BCUT2D eigenvalue weighted by Crippen LogP contribution is 2.27. The molecule has 4 nitrogen and oxygen atoms in total. The van der Waals surface area contributed by atoms with Crippen LogP contribution in [0.2, 0.25) is 5.02 Å². The molecule has 1 aromatic heterocycles. The van der Waals surface area contributed by atoms with E-state index in [-0.39, 0.29) is 21.8 Å². The van der Waals surface area contributed by atoms with Crippen molar-refractivity contribution in [2.45, 2.75) is 52.8 Å². The fraction of sp³-hybridized carbons (Fsp3) is 0.500. The molecule has 0 aliphatic carbocycles. The average molecular weight is 449 g/mol. The summed E-state index contributed by atoms with van der Waals surface area (Å²) in [5.74, 6) is -0.587. The van der Waals surface area contributed by atoms with Crippen LogP contribution in [0.5, 0.6) is 5.75 Å². The lowest BCUT2D eigenvalue weighted by Gasteiger charge is -2.14. The lowest BCUT2D eigenvalue weighted by atomic mass is 9.95. The molecule has 0 spiro atoms. The highest BCUT2D eigenvalue weighted by atomic mass is 35.5. The number of aromatic nitrogens is 1. The van der Waals surface area contributed by atoms with E-state index < -0.39 is 18.7 Å². The van der Waals surface area contributed by atoms with E-state index in [9.17, 15) is 18.0 Å². The molecule has 160 valence electrons. The van der Waals surface area contributed by atoms with Gasteiger partial charge in [-0.3, -0.25) is 4.79 Å². The molecule has 0 aliphatic heterocycles. The maximum atomic E-state index is 12.8. The Morgan fingerprint density at radius 1 is 1.28 bits per heavy atom. The van der Waals surface area contributed by atoms with Crippen LogP contribution < -0.4 is 9.54 Å². The molecule has 2 aromatic rings. The Kier molecular flexibility index (Phi) is 7.22. The molecule has 29 heavy (non-hydrogen) atoms. The number of hydrogen-bond acceptors (Lipinski definition) is 3. The molecule has 0 fully saturated rings. The minimum atomic E-state index is -4.52. The molecule has 9 heteroatoms. The monoisotopic (exact) mass is 448 g/mol. The van der Waals surface area contributed by atoms with Crippen LogP contribution in [0.25, 0.3) is 0 Å². The lowest BCUT2D eigenvalue weighted by molar-refractivity contribution is -0.153. The Morgan fingerprint density at radius 3 is 2.48 bits per heavy atom. The molecule has 2 rings (SSSR count). The standard InChI is InChI=1S/C20H24ClF3N2O2S/c1-12(2)9-26-10-16(19(3,4)5)29-18(26)25-17(27)14-8-13(21)6-7-15(14)28-11-20(22,23)24/h6-8,10,12H,9,11H2,1-5H3. The Hall–Kier alpha value is -1.80. The summed E-state index contributed by atoms with van der Waals surface area (Å²) in [4.78, 5) is 18.5. The van der Waals surface area contributed by atoms with Gasteiger partial charge in [-0.2, -0.15) is 18.2 Å².